The minimum Gasteiger partial charge on any atom is -0.374 e. The first-order chi connectivity index (χ1) is 10.3. The van der Waals surface area contributed by atoms with Crippen LogP contribution in [0.4, 0.5) is 0 Å². The average Bonchev–Trinajstić information content (AvgIpc) is 2.41. The summed E-state index contributed by atoms with van der Waals surface area (Å²) in [5.41, 5.74) is 1.85. The van der Waals surface area contributed by atoms with Crippen molar-refractivity contribution in [2.24, 2.45) is 0 Å². The van der Waals surface area contributed by atoms with Crippen LogP contribution in [0.2, 0.25) is 0 Å². The Labute approximate surface area is 138 Å². The van der Waals surface area contributed by atoms with Gasteiger partial charge in [0, 0.05) is 37.1 Å². The van der Waals surface area contributed by atoms with Crippen LogP contribution in [0.15, 0.2) is 23.1 Å². The summed E-state index contributed by atoms with van der Waals surface area (Å²) in [4.78, 5) is 0.232. The van der Waals surface area contributed by atoms with Crippen LogP contribution in [0.1, 0.15) is 31.9 Å². The third-order valence-corrected chi connectivity index (χ3v) is 7.54. The molecule has 0 radical (unpaired) electrons. The second-order valence-corrected chi connectivity index (χ2v) is 10.1. The molecule has 0 aliphatic rings. The van der Waals surface area contributed by atoms with Gasteiger partial charge in [0.15, 0.2) is 8.77 Å². The Morgan fingerprint density at radius 3 is 2.05 bits per heavy atom. The summed E-state index contributed by atoms with van der Waals surface area (Å²) >= 11 is 4.65. The molecule has 1 rings (SSSR count). The lowest BCUT2D eigenvalue weighted by Gasteiger charge is -2.29. The Hall–Kier alpha value is -0.353. The molecule has 1 unspecified atom stereocenters. The van der Waals surface area contributed by atoms with Crippen LogP contribution in [0.5, 0.6) is 0 Å². The maximum atomic E-state index is 11.7. The van der Waals surface area contributed by atoms with Crippen molar-refractivity contribution in [1.82, 2.24) is 0 Å². The number of hydrogen-bond acceptors (Lipinski definition) is 5. The number of hydrogen-bond donors (Lipinski definition) is 1. The molecule has 0 heterocycles. The fourth-order valence-electron chi connectivity index (χ4n) is 2.17. The number of aryl methyl sites for hydroxylation is 1. The van der Waals surface area contributed by atoms with Gasteiger partial charge in [-0.2, -0.15) is 0 Å². The highest BCUT2D eigenvalue weighted by Gasteiger charge is 2.41. The van der Waals surface area contributed by atoms with Crippen LogP contribution in [-0.2, 0) is 39.3 Å². The van der Waals surface area contributed by atoms with Gasteiger partial charge in [-0.3, -0.25) is 0 Å². The number of rotatable bonds is 9. The molecule has 0 spiro atoms. The molecule has 0 bridgehead atoms. The molecular weight excluding hydrogens is 340 g/mol. The Balaban J connectivity index is 3.21. The van der Waals surface area contributed by atoms with Crippen LogP contribution >= 0.6 is 0 Å². The average molecular weight is 365 g/mol. The van der Waals surface area contributed by atoms with Crippen LogP contribution in [0.3, 0.4) is 0 Å². The first-order valence-electron chi connectivity index (χ1n) is 7.26. The van der Waals surface area contributed by atoms with Gasteiger partial charge in [0.1, 0.15) is 0 Å². The van der Waals surface area contributed by atoms with Crippen LogP contribution in [-0.4, -0.2) is 37.4 Å². The van der Waals surface area contributed by atoms with E-state index in [9.17, 15) is 8.76 Å². The van der Waals surface area contributed by atoms with Crippen molar-refractivity contribution in [3.63, 3.8) is 0 Å². The molecule has 8 heteroatoms. The zero-order valence-corrected chi connectivity index (χ0v) is 16.1. The van der Waals surface area contributed by atoms with E-state index < -0.39 is 17.6 Å². The van der Waals surface area contributed by atoms with Crippen molar-refractivity contribution >= 4 is 28.8 Å². The van der Waals surface area contributed by atoms with E-state index in [2.05, 4.69) is 11.2 Å². The summed E-state index contributed by atoms with van der Waals surface area (Å²) in [6, 6.07) is 5.48. The van der Waals surface area contributed by atoms with Crippen molar-refractivity contribution in [3.8, 4) is 0 Å². The summed E-state index contributed by atoms with van der Waals surface area (Å²) in [7, 11) is -6.27. The summed E-state index contributed by atoms with van der Waals surface area (Å²) in [6.45, 7) is 9.09. The van der Waals surface area contributed by atoms with Gasteiger partial charge in [-0.05, 0) is 51.0 Å². The van der Waals surface area contributed by atoms with Crippen molar-refractivity contribution in [1.29, 1.82) is 0 Å². The van der Waals surface area contributed by atoms with Crippen LogP contribution in [0.25, 0.3) is 0 Å². The van der Waals surface area contributed by atoms with Crippen molar-refractivity contribution in [2.75, 3.05) is 19.8 Å². The molecule has 0 saturated carbocycles. The molecule has 1 atom stereocenters. The molecule has 22 heavy (non-hydrogen) atoms. The van der Waals surface area contributed by atoms with E-state index >= 15 is 0 Å². The Morgan fingerprint density at radius 2 is 1.64 bits per heavy atom. The molecule has 0 saturated heterocycles. The third kappa shape index (κ3) is 5.38. The standard InChI is InChI=1S/C14H24O5S2Si/c1-5-17-22(18-6-2,19-7-3)11-13-10-14(21(15,16)20)9-8-12(13)4/h8-10H,5-7,11H2,1-4H3,(H,15,16,20). The fourth-order valence-corrected chi connectivity index (χ4v) is 5.74. The second-order valence-electron chi connectivity index (χ2n) is 4.72. The molecule has 1 aromatic carbocycles. The molecule has 0 fully saturated rings. The summed E-state index contributed by atoms with van der Waals surface area (Å²) in [5, 5.41) is 0. The van der Waals surface area contributed by atoms with E-state index in [-0.39, 0.29) is 4.90 Å². The Morgan fingerprint density at radius 1 is 1.14 bits per heavy atom. The second kappa shape index (κ2) is 8.49. The van der Waals surface area contributed by atoms with Gasteiger partial charge in [0.05, 0.1) is 4.90 Å². The van der Waals surface area contributed by atoms with E-state index in [1.54, 1.807) is 18.2 Å². The van der Waals surface area contributed by atoms with Gasteiger partial charge in [-0.15, -0.1) is 0 Å². The van der Waals surface area contributed by atoms with Gasteiger partial charge in [0.2, 0.25) is 0 Å². The molecule has 0 aliphatic heterocycles. The topological polar surface area (TPSA) is 65.0 Å². The van der Waals surface area contributed by atoms with Crippen molar-refractivity contribution in [3.05, 3.63) is 29.3 Å². The Bertz CT molecular complexity index is 572. The highest BCUT2D eigenvalue weighted by Crippen LogP contribution is 2.22. The zero-order chi connectivity index (χ0) is 16.8. The predicted octanol–water partition coefficient (Wildman–Crippen LogP) is 2.70. The molecule has 5 nitrogen and oxygen atoms in total. The molecular formula is C14H24O5S2Si. The Kier molecular flexibility index (Phi) is 7.60. The van der Waals surface area contributed by atoms with E-state index in [4.69, 9.17) is 13.3 Å². The maximum Gasteiger partial charge on any atom is 0.505 e. The lowest BCUT2D eigenvalue weighted by molar-refractivity contribution is 0.0703. The van der Waals surface area contributed by atoms with Crippen LogP contribution in [0, 0.1) is 6.92 Å². The quantitative estimate of drug-likeness (QED) is 0.680. The first kappa shape index (κ1) is 19.7. The van der Waals surface area contributed by atoms with Gasteiger partial charge in [0.25, 0.3) is 0 Å². The predicted molar refractivity (Wildman–Crippen MR) is 91.9 cm³/mol. The fraction of sp³-hybridized carbons (Fsp3) is 0.571. The summed E-state index contributed by atoms with van der Waals surface area (Å²) in [6.07, 6.45) is 0. The molecule has 0 aliphatic carbocycles. The molecule has 126 valence electrons. The lowest BCUT2D eigenvalue weighted by atomic mass is 10.1. The summed E-state index contributed by atoms with van der Waals surface area (Å²) < 4.78 is 38.7. The van der Waals surface area contributed by atoms with Gasteiger partial charge >= 0.3 is 8.80 Å². The maximum absolute atomic E-state index is 11.7. The molecule has 0 amide bonds. The molecule has 0 aromatic heterocycles. The van der Waals surface area contributed by atoms with E-state index in [1.165, 1.54) is 0 Å². The van der Waals surface area contributed by atoms with Gasteiger partial charge < -0.3 is 17.8 Å². The first-order valence-corrected chi connectivity index (χ1v) is 11.6. The smallest absolute Gasteiger partial charge is 0.374 e. The largest absolute Gasteiger partial charge is 0.505 e. The SMILES string of the molecule is CCO[Si](Cc1cc(S(=O)(O)=S)ccc1C)(OCC)OCC. The van der Waals surface area contributed by atoms with Crippen LogP contribution < -0.4 is 0 Å². The normalized spacial score (nSPS) is 14.8. The van der Waals surface area contributed by atoms with Gasteiger partial charge in [-0.25, -0.2) is 4.21 Å². The summed E-state index contributed by atoms with van der Waals surface area (Å²) in [5.74, 6) is 0. The zero-order valence-electron chi connectivity index (χ0n) is 13.5. The lowest BCUT2D eigenvalue weighted by Crippen LogP contribution is -2.48. The molecule has 1 aromatic rings. The third-order valence-electron chi connectivity index (χ3n) is 3.12. The highest BCUT2D eigenvalue weighted by molar-refractivity contribution is 8.29. The minimum atomic E-state index is -3.41. The minimum absolute atomic E-state index is 0.232. The highest BCUT2D eigenvalue weighted by atomic mass is 32.8. The van der Waals surface area contributed by atoms with E-state index in [0.29, 0.717) is 25.9 Å². The van der Waals surface area contributed by atoms with Crippen molar-refractivity contribution in [2.45, 2.75) is 38.6 Å². The van der Waals surface area contributed by atoms with E-state index in [0.717, 1.165) is 11.1 Å². The number of benzene rings is 1. The monoisotopic (exact) mass is 364 g/mol. The van der Waals surface area contributed by atoms with Gasteiger partial charge in [-0.1, -0.05) is 6.07 Å². The van der Waals surface area contributed by atoms with Crippen molar-refractivity contribution < 1.29 is 22.0 Å². The molecule has 1 N–H and O–H groups in total. The van der Waals surface area contributed by atoms with E-state index in [1.807, 2.05) is 27.7 Å².